The van der Waals surface area contributed by atoms with E-state index in [1.54, 1.807) is 48.5 Å². The summed E-state index contributed by atoms with van der Waals surface area (Å²) in [6, 6.07) is 13.1. The van der Waals surface area contributed by atoms with Gasteiger partial charge in [0, 0.05) is 16.8 Å². The number of hydrogen-bond donors (Lipinski definition) is 3. The summed E-state index contributed by atoms with van der Waals surface area (Å²) in [4.78, 5) is 35.1. The van der Waals surface area contributed by atoms with Crippen LogP contribution in [-0.4, -0.2) is 36.6 Å². The zero-order chi connectivity index (χ0) is 21.2. The number of nitrogens with one attached hydrogen (secondary N) is 3. The fourth-order valence-corrected chi connectivity index (χ4v) is 2.23. The number of hydrogen-bond acceptors (Lipinski definition) is 5. The first-order valence-corrected chi connectivity index (χ1v) is 9.13. The fraction of sp³-hybridized carbons (Fsp3) is 0.200. The molecule has 152 valence electrons. The van der Waals surface area contributed by atoms with Crippen molar-refractivity contribution in [3.63, 3.8) is 0 Å². The lowest BCUT2D eigenvalue weighted by atomic mass is 10.2. The first-order chi connectivity index (χ1) is 13.8. The molecule has 0 aliphatic heterocycles. The van der Waals surface area contributed by atoms with Crippen LogP contribution in [0.3, 0.4) is 0 Å². The van der Waals surface area contributed by atoms with Crippen molar-refractivity contribution in [3.8, 4) is 5.75 Å². The van der Waals surface area contributed by atoms with Crippen LogP contribution >= 0.6 is 11.6 Å². The number of benzene rings is 2. The molecular weight excluding hydrogens is 396 g/mol. The van der Waals surface area contributed by atoms with Gasteiger partial charge in [0.2, 0.25) is 0 Å². The van der Waals surface area contributed by atoms with Crippen molar-refractivity contribution < 1.29 is 19.1 Å². The van der Waals surface area contributed by atoms with Crippen LogP contribution < -0.4 is 20.8 Å². The Morgan fingerprint density at radius 2 is 1.69 bits per heavy atom. The maximum absolute atomic E-state index is 11.8. The van der Waals surface area contributed by atoms with E-state index < -0.39 is 11.8 Å². The van der Waals surface area contributed by atoms with Crippen molar-refractivity contribution >= 4 is 41.2 Å². The zero-order valence-electron chi connectivity index (χ0n) is 15.9. The van der Waals surface area contributed by atoms with Gasteiger partial charge in [0.1, 0.15) is 5.75 Å². The molecule has 0 bridgehead atoms. The van der Waals surface area contributed by atoms with Crippen LogP contribution in [0, 0.1) is 0 Å². The molecule has 9 heteroatoms. The van der Waals surface area contributed by atoms with E-state index in [4.69, 9.17) is 16.3 Å². The predicted molar refractivity (Wildman–Crippen MR) is 111 cm³/mol. The molecule has 2 aromatic rings. The molecule has 0 spiro atoms. The molecule has 2 rings (SSSR count). The van der Waals surface area contributed by atoms with Crippen molar-refractivity contribution in [1.82, 2.24) is 10.7 Å². The lowest BCUT2D eigenvalue weighted by molar-refractivity contribution is -0.136. The quantitative estimate of drug-likeness (QED) is 0.365. The van der Waals surface area contributed by atoms with Gasteiger partial charge in [-0.15, -0.1) is 0 Å². The molecule has 8 nitrogen and oxygen atoms in total. The summed E-state index contributed by atoms with van der Waals surface area (Å²) in [7, 11) is 0. The highest BCUT2D eigenvalue weighted by Crippen LogP contribution is 2.13. The van der Waals surface area contributed by atoms with Gasteiger partial charge in [-0.05, 0) is 67.9 Å². The summed E-state index contributed by atoms with van der Waals surface area (Å²) >= 11 is 5.76. The normalized spacial score (nSPS) is 10.6. The maximum Gasteiger partial charge on any atom is 0.329 e. The van der Waals surface area contributed by atoms with E-state index in [-0.39, 0.29) is 18.6 Å². The number of hydrazone groups is 1. The van der Waals surface area contributed by atoms with Crippen molar-refractivity contribution in [1.29, 1.82) is 0 Å². The highest BCUT2D eigenvalue weighted by Gasteiger charge is 2.12. The molecule has 0 aromatic heterocycles. The molecular formula is C20H21ClN4O4. The molecule has 0 saturated carbocycles. The van der Waals surface area contributed by atoms with Gasteiger partial charge in [-0.25, -0.2) is 5.43 Å². The Morgan fingerprint density at radius 3 is 2.31 bits per heavy atom. The minimum Gasteiger partial charge on any atom is -0.484 e. The van der Waals surface area contributed by atoms with Gasteiger partial charge in [-0.3, -0.25) is 14.4 Å². The second-order valence-electron chi connectivity index (χ2n) is 6.24. The van der Waals surface area contributed by atoms with Gasteiger partial charge in [-0.1, -0.05) is 11.6 Å². The summed E-state index contributed by atoms with van der Waals surface area (Å²) in [6.45, 7) is 3.66. The van der Waals surface area contributed by atoms with E-state index in [0.717, 1.165) is 0 Å². The Bertz CT molecular complexity index is 880. The number of carbonyl (C=O) groups is 3. The highest BCUT2D eigenvalue weighted by atomic mass is 35.5. The van der Waals surface area contributed by atoms with Gasteiger partial charge in [0.15, 0.2) is 6.61 Å². The molecule has 2 aromatic carbocycles. The number of ether oxygens (including phenoxy) is 1. The number of amides is 3. The third-order valence-corrected chi connectivity index (χ3v) is 3.64. The summed E-state index contributed by atoms with van der Waals surface area (Å²) in [5.74, 6) is -1.45. The Morgan fingerprint density at radius 1 is 1.03 bits per heavy atom. The molecule has 3 N–H and O–H groups in total. The molecule has 0 saturated heterocycles. The Hall–Kier alpha value is -3.39. The first kappa shape index (κ1) is 21.9. The summed E-state index contributed by atoms with van der Waals surface area (Å²) in [5.41, 5.74) is 3.25. The topological polar surface area (TPSA) is 109 Å². The average Bonchev–Trinajstić information content (AvgIpc) is 2.68. The second kappa shape index (κ2) is 10.8. The summed E-state index contributed by atoms with van der Waals surface area (Å²) in [5, 5.41) is 9.42. The van der Waals surface area contributed by atoms with Crippen LogP contribution in [-0.2, 0) is 14.4 Å². The van der Waals surface area contributed by atoms with Crippen LogP contribution in [0.1, 0.15) is 19.4 Å². The average molecular weight is 417 g/mol. The third kappa shape index (κ3) is 8.02. The molecule has 0 fully saturated rings. The van der Waals surface area contributed by atoms with Crippen LogP contribution in [0.5, 0.6) is 5.75 Å². The Labute approximate surface area is 173 Å². The van der Waals surface area contributed by atoms with E-state index in [2.05, 4.69) is 21.2 Å². The predicted octanol–water partition coefficient (Wildman–Crippen LogP) is 2.33. The first-order valence-electron chi connectivity index (χ1n) is 8.75. The van der Waals surface area contributed by atoms with E-state index in [1.807, 2.05) is 13.8 Å². The van der Waals surface area contributed by atoms with Crippen molar-refractivity contribution in [2.45, 2.75) is 19.9 Å². The molecule has 0 atom stereocenters. The Kier molecular flexibility index (Phi) is 8.17. The van der Waals surface area contributed by atoms with Gasteiger partial charge < -0.3 is 15.4 Å². The molecule has 0 heterocycles. The number of rotatable bonds is 7. The summed E-state index contributed by atoms with van der Waals surface area (Å²) in [6.07, 6.45) is 1.38. The van der Waals surface area contributed by atoms with Crippen LogP contribution in [0.15, 0.2) is 53.6 Å². The molecule has 3 amide bonds. The zero-order valence-corrected chi connectivity index (χ0v) is 16.7. The molecule has 0 radical (unpaired) electrons. The largest absolute Gasteiger partial charge is 0.484 e. The number of carbonyl (C=O) groups excluding carboxylic acids is 3. The van der Waals surface area contributed by atoms with Crippen LogP contribution in [0.25, 0.3) is 0 Å². The second-order valence-corrected chi connectivity index (χ2v) is 6.68. The molecule has 29 heavy (non-hydrogen) atoms. The van der Waals surface area contributed by atoms with E-state index >= 15 is 0 Å². The van der Waals surface area contributed by atoms with E-state index in [9.17, 15) is 14.4 Å². The minimum absolute atomic E-state index is 0.0492. The van der Waals surface area contributed by atoms with Crippen LogP contribution in [0.2, 0.25) is 5.02 Å². The smallest absolute Gasteiger partial charge is 0.329 e. The van der Waals surface area contributed by atoms with Crippen molar-refractivity contribution in [2.24, 2.45) is 5.10 Å². The van der Waals surface area contributed by atoms with Gasteiger partial charge in [0.05, 0.1) is 6.21 Å². The minimum atomic E-state index is -0.910. The molecule has 0 aliphatic rings. The SMILES string of the molecule is CC(C)NC(=O)COc1ccc(/C=N\NC(=O)C(=O)Nc2ccc(Cl)cc2)cc1. The monoisotopic (exact) mass is 416 g/mol. The van der Waals surface area contributed by atoms with E-state index in [1.165, 1.54) is 6.21 Å². The van der Waals surface area contributed by atoms with Crippen LogP contribution in [0.4, 0.5) is 5.69 Å². The van der Waals surface area contributed by atoms with Crippen molar-refractivity contribution in [3.05, 3.63) is 59.1 Å². The lowest BCUT2D eigenvalue weighted by Crippen LogP contribution is -2.34. The van der Waals surface area contributed by atoms with Gasteiger partial charge in [0.25, 0.3) is 5.91 Å². The summed E-state index contributed by atoms with van der Waals surface area (Å²) < 4.78 is 5.37. The fourth-order valence-electron chi connectivity index (χ4n) is 2.10. The number of nitrogens with zero attached hydrogens (tertiary/aromatic N) is 1. The highest BCUT2D eigenvalue weighted by molar-refractivity contribution is 6.39. The standard InChI is InChI=1S/C20H21ClN4O4/c1-13(2)23-18(26)12-29-17-9-3-14(4-10-17)11-22-25-20(28)19(27)24-16-7-5-15(21)6-8-16/h3-11,13H,12H2,1-2H3,(H,23,26)(H,24,27)(H,25,28)/b22-11-. The molecule has 0 unspecified atom stereocenters. The van der Waals surface area contributed by atoms with Gasteiger partial charge in [-0.2, -0.15) is 5.10 Å². The van der Waals surface area contributed by atoms with E-state index in [0.29, 0.717) is 22.0 Å². The maximum atomic E-state index is 11.8. The van der Waals surface area contributed by atoms with Crippen molar-refractivity contribution in [2.75, 3.05) is 11.9 Å². The lowest BCUT2D eigenvalue weighted by Gasteiger charge is -2.09. The molecule has 0 aliphatic carbocycles. The number of anilines is 1. The van der Waals surface area contributed by atoms with Gasteiger partial charge >= 0.3 is 11.8 Å². The Balaban J connectivity index is 1.79. The third-order valence-electron chi connectivity index (χ3n) is 3.39. The number of halogens is 1.